The number of likely N-dealkylation sites (tertiary alicyclic amines) is 1. The molecule has 2 heterocycles. The van der Waals surface area contributed by atoms with E-state index < -0.39 is 22.7 Å². The first-order valence-electron chi connectivity index (χ1n) is 12.3. The fraction of sp³-hybridized carbons (Fsp3) is 0.429. The Balaban J connectivity index is 1.58. The summed E-state index contributed by atoms with van der Waals surface area (Å²) in [5.74, 6) is -0.849. The molecular weight excluding hydrogens is 456 g/mol. The van der Waals surface area contributed by atoms with E-state index in [0.29, 0.717) is 31.6 Å². The quantitative estimate of drug-likeness (QED) is 0.583. The van der Waals surface area contributed by atoms with Crippen LogP contribution < -0.4 is 10.5 Å². The van der Waals surface area contributed by atoms with E-state index in [4.69, 9.17) is 10.5 Å². The molecule has 0 radical (unpaired) electrons. The number of hydrogen-bond donors (Lipinski definition) is 1. The van der Waals surface area contributed by atoms with Gasteiger partial charge >= 0.3 is 0 Å². The predicted molar refractivity (Wildman–Crippen MR) is 137 cm³/mol. The predicted octanol–water partition coefficient (Wildman–Crippen LogP) is 2.87. The van der Waals surface area contributed by atoms with Crippen LogP contribution >= 0.6 is 0 Å². The molecule has 3 amide bonds. The van der Waals surface area contributed by atoms with Crippen molar-refractivity contribution in [2.24, 2.45) is 27.6 Å². The van der Waals surface area contributed by atoms with Crippen LogP contribution in [0, 0.1) is 16.7 Å². The number of carbonyl (C=O) groups excluding carboxylic acids is 3. The summed E-state index contributed by atoms with van der Waals surface area (Å²) >= 11 is 0. The molecule has 2 aromatic rings. The molecule has 8 heteroatoms. The Hall–Kier alpha value is -3.68. The van der Waals surface area contributed by atoms with Crippen molar-refractivity contribution in [2.75, 3.05) is 26.7 Å². The second kappa shape index (κ2) is 10.1. The van der Waals surface area contributed by atoms with Gasteiger partial charge in [0.15, 0.2) is 0 Å². The summed E-state index contributed by atoms with van der Waals surface area (Å²) in [4.78, 5) is 41.5. The summed E-state index contributed by atoms with van der Waals surface area (Å²) in [5.41, 5.74) is 5.56. The maximum atomic E-state index is 14.0. The number of piperidine rings is 1. The van der Waals surface area contributed by atoms with Crippen LogP contribution in [0.25, 0.3) is 0 Å². The number of para-hydroxylation sites is 1. The van der Waals surface area contributed by atoms with Gasteiger partial charge in [0, 0.05) is 26.6 Å². The Morgan fingerprint density at radius 2 is 1.75 bits per heavy atom. The molecule has 1 saturated heterocycles. The SMILES string of the molecule is CN1N=C2CCN(C(=O)[C@H](CCOc3ccccc3)C(C)(C)C(N)=O)C[C@@]2(Cc2ccccc2)C1=O. The van der Waals surface area contributed by atoms with Gasteiger partial charge < -0.3 is 15.4 Å². The van der Waals surface area contributed by atoms with E-state index in [1.54, 1.807) is 25.8 Å². The Labute approximate surface area is 212 Å². The van der Waals surface area contributed by atoms with Crippen molar-refractivity contribution in [1.29, 1.82) is 0 Å². The Morgan fingerprint density at radius 1 is 1.11 bits per heavy atom. The molecule has 0 saturated carbocycles. The molecule has 1 fully saturated rings. The number of fused-ring (bicyclic) bond motifs is 1. The van der Waals surface area contributed by atoms with Gasteiger partial charge in [-0.15, -0.1) is 0 Å². The second-order valence-corrected chi connectivity index (χ2v) is 10.2. The first kappa shape index (κ1) is 25.4. The lowest BCUT2D eigenvalue weighted by Gasteiger charge is -2.42. The molecule has 36 heavy (non-hydrogen) atoms. The first-order chi connectivity index (χ1) is 17.1. The van der Waals surface area contributed by atoms with Crippen LogP contribution in [0.3, 0.4) is 0 Å². The largest absolute Gasteiger partial charge is 0.494 e. The number of hydrazone groups is 1. The number of carbonyl (C=O) groups is 3. The number of nitrogens with two attached hydrogens (primary N) is 1. The lowest BCUT2D eigenvalue weighted by molar-refractivity contribution is -0.149. The molecule has 0 unspecified atom stereocenters. The molecule has 0 spiro atoms. The molecule has 2 atom stereocenters. The van der Waals surface area contributed by atoms with Crippen molar-refractivity contribution in [3.05, 3.63) is 66.2 Å². The van der Waals surface area contributed by atoms with Crippen LogP contribution in [0.1, 0.15) is 32.3 Å². The summed E-state index contributed by atoms with van der Waals surface area (Å²) in [6.45, 7) is 4.30. The van der Waals surface area contributed by atoms with E-state index in [9.17, 15) is 14.4 Å². The molecule has 2 N–H and O–H groups in total. The minimum Gasteiger partial charge on any atom is -0.494 e. The summed E-state index contributed by atoms with van der Waals surface area (Å²) in [6, 6.07) is 19.1. The third-order valence-electron chi connectivity index (χ3n) is 7.49. The van der Waals surface area contributed by atoms with E-state index in [1.165, 1.54) is 5.01 Å². The molecule has 8 nitrogen and oxygen atoms in total. The minimum atomic E-state index is -1.09. The van der Waals surface area contributed by atoms with Crippen LogP contribution in [0.15, 0.2) is 65.8 Å². The van der Waals surface area contributed by atoms with Crippen molar-refractivity contribution in [3.8, 4) is 5.75 Å². The fourth-order valence-corrected chi connectivity index (χ4v) is 5.21. The van der Waals surface area contributed by atoms with E-state index in [1.807, 2.05) is 60.7 Å². The van der Waals surface area contributed by atoms with Gasteiger partial charge in [-0.25, -0.2) is 5.01 Å². The number of hydrogen-bond acceptors (Lipinski definition) is 5. The number of primary amides is 1. The lowest BCUT2D eigenvalue weighted by Crippen LogP contribution is -2.58. The van der Waals surface area contributed by atoms with Gasteiger partial charge in [0.05, 0.1) is 23.7 Å². The monoisotopic (exact) mass is 490 g/mol. The smallest absolute Gasteiger partial charge is 0.256 e. The van der Waals surface area contributed by atoms with Gasteiger partial charge in [-0.3, -0.25) is 14.4 Å². The van der Waals surface area contributed by atoms with Crippen LogP contribution in [0.4, 0.5) is 0 Å². The molecule has 2 aromatic carbocycles. The normalized spacial score (nSPS) is 20.5. The van der Waals surface area contributed by atoms with Gasteiger partial charge in [-0.1, -0.05) is 62.4 Å². The van der Waals surface area contributed by atoms with E-state index in [0.717, 1.165) is 11.3 Å². The Morgan fingerprint density at radius 3 is 2.39 bits per heavy atom. The lowest BCUT2D eigenvalue weighted by atomic mass is 9.71. The van der Waals surface area contributed by atoms with Gasteiger partial charge in [0.25, 0.3) is 5.91 Å². The highest BCUT2D eigenvalue weighted by Crippen LogP contribution is 2.40. The Bertz CT molecular complexity index is 1150. The first-order valence-corrected chi connectivity index (χ1v) is 12.3. The topological polar surface area (TPSA) is 105 Å². The number of ether oxygens (including phenoxy) is 1. The molecule has 0 bridgehead atoms. The zero-order valence-electron chi connectivity index (χ0n) is 21.1. The van der Waals surface area contributed by atoms with Gasteiger partial charge in [-0.2, -0.15) is 5.10 Å². The standard InChI is InChI=1S/C28H34N4O4/c1-27(2,25(29)34)22(15-17-36-21-12-8-5-9-13-21)24(33)32-16-14-23-28(19-32,26(35)31(3)30-23)18-20-10-6-4-7-11-20/h4-13,22H,14-19H2,1-3H3,(H2,29,34)/t22-,28+/m0/s1. The molecule has 190 valence electrons. The average Bonchev–Trinajstić information content (AvgIpc) is 3.11. The fourth-order valence-electron chi connectivity index (χ4n) is 5.21. The summed E-state index contributed by atoms with van der Waals surface area (Å²) in [6.07, 6.45) is 1.28. The molecule has 2 aliphatic heterocycles. The highest BCUT2D eigenvalue weighted by atomic mass is 16.5. The van der Waals surface area contributed by atoms with Crippen molar-refractivity contribution in [1.82, 2.24) is 9.91 Å². The van der Waals surface area contributed by atoms with E-state index >= 15 is 0 Å². The summed E-state index contributed by atoms with van der Waals surface area (Å²) in [5, 5.41) is 5.92. The molecular formula is C28H34N4O4. The highest BCUT2D eigenvalue weighted by molar-refractivity contribution is 6.13. The number of rotatable bonds is 9. The van der Waals surface area contributed by atoms with Crippen molar-refractivity contribution < 1.29 is 19.1 Å². The van der Waals surface area contributed by atoms with Crippen LogP contribution in [0.2, 0.25) is 0 Å². The summed E-state index contributed by atoms with van der Waals surface area (Å²) < 4.78 is 5.85. The van der Waals surface area contributed by atoms with Crippen LogP contribution in [0.5, 0.6) is 5.75 Å². The third-order valence-corrected chi connectivity index (χ3v) is 7.49. The van der Waals surface area contributed by atoms with Crippen molar-refractivity contribution in [2.45, 2.75) is 33.1 Å². The van der Waals surface area contributed by atoms with Gasteiger partial charge in [0.1, 0.15) is 11.2 Å². The number of benzene rings is 2. The highest BCUT2D eigenvalue weighted by Gasteiger charge is 2.54. The molecule has 0 aromatic heterocycles. The zero-order chi connectivity index (χ0) is 25.9. The van der Waals surface area contributed by atoms with Crippen LogP contribution in [-0.4, -0.2) is 60.1 Å². The van der Waals surface area contributed by atoms with Crippen molar-refractivity contribution in [3.63, 3.8) is 0 Å². The zero-order valence-corrected chi connectivity index (χ0v) is 21.1. The van der Waals surface area contributed by atoms with Crippen LogP contribution in [-0.2, 0) is 20.8 Å². The van der Waals surface area contributed by atoms with Gasteiger partial charge in [-0.05, 0) is 30.5 Å². The number of nitrogens with zero attached hydrogens (tertiary/aromatic N) is 3. The molecule has 4 rings (SSSR count). The minimum absolute atomic E-state index is 0.114. The van der Waals surface area contributed by atoms with Gasteiger partial charge in [0.2, 0.25) is 11.8 Å². The molecule has 0 aliphatic carbocycles. The maximum absolute atomic E-state index is 14.0. The average molecular weight is 491 g/mol. The van der Waals surface area contributed by atoms with E-state index in [2.05, 4.69) is 5.10 Å². The number of amides is 3. The third kappa shape index (κ3) is 4.85. The Kier molecular flexibility index (Phi) is 7.15. The maximum Gasteiger partial charge on any atom is 0.256 e. The van der Waals surface area contributed by atoms with E-state index in [-0.39, 0.29) is 25.0 Å². The van der Waals surface area contributed by atoms with Crippen molar-refractivity contribution >= 4 is 23.4 Å². The summed E-state index contributed by atoms with van der Waals surface area (Å²) in [7, 11) is 1.66. The second-order valence-electron chi connectivity index (χ2n) is 10.2. The molecule has 2 aliphatic rings.